The van der Waals surface area contributed by atoms with Crippen molar-refractivity contribution in [3.8, 4) is 22.9 Å². The van der Waals surface area contributed by atoms with Crippen molar-refractivity contribution in [1.82, 2.24) is 9.13 Å². The Labute approximate surface area is 186 Å². The molecule has 0 bridgehead atoms. The summed E-state index contributed by atoms with van der Waals surface area (Å²) >= 11 is 3.27. The van der Waals surface area contributed by atoms with E-state index in [-0.39, 0.29) is 11.4 Å². The fraction of sp³-hybridized carbons (Fsp3) is 0.150. The number of halogens is 4. The third-order valence-electron chi connectivity index (χ3n) is 4.20. The Morgan fingerprint density at radius 1 is 1.06 bits per heavy atom. The van der Waals surface area contributed by atoms with E-state index in [0.29, 0.717) is 31.2 Å². The number of alkyl halides is 3. The highest BCUT2D eigenvalue weighted by Crippen LogP contribution is 2.32. The zero-order valence-electron chi connectivity index (χ0n) is 16.2. The van der Waals surface area contributed by atoms with Crippen molar-refractivity contribution in [1.29, 1.82) is 0 Å². The van der Waals surface area contributed by atoms with Gasteiger partial charge in [0.25, 0.3) is 5.56 Å². The van der Waals surface area contributed by atoms with Crippen molar-refractivity contribution in [2.75, 3.05) is 6.61 Å². The highest BCUT2D eigenvalue weighted by atomic mass is 79.9. The fourth-order valence-corrected chi connectivity index (χ4v) is 3.05. The predicted octanol–water partition coefficient (Wildman–Crippen LogP) is 3.57. The van der Waals surface area contributed by atoms with Crippen LogP contribution in [0.1, 0.15) is 5.69 Å². The minimum atomic E-state index is -4.86. The maximum Gasteiger partial charge on any atom is 0.431 e. The molecule has 0 atom stereocenters. The molecule has 2 aromatic carbocycles. The van der Waals surface area contributed by atoms with Crippen molar-refractivity contribution in [2.24, 2.45) is 7.05 Å². The molecule has 3 aromatic rings. The van der Waals surface area contributed by atoms with E-state index in [4.69, 9.17) is 14.6 Å². The van der Waals surface area contributed by atoms with Crippen LogP contribution in [0.15, 0.2) is 62.6 Å². The minimum absolute atomic E-state index is 0.00364. The average molecular weight is 515 g/mol. The number of carboxylic acids is 1. The first-order valence-corrected chi connectivity index (χ1v) is 9.59. The highest BCUT2D eigenvalue weighted by Gasteiger charge is 2.35. The van der Waals surface area contributed by atoms with Crippen molar-refractivity contribution < 1.29 is 32.5 Å². The van der Waals surface area contributed by atoms with Crippen LogP contribution < -0.4 is 20.7 Å². The van der Waals surface area contributed by atoms with Crippen molar-refractivity contribution in [3.05, 3.63) is 79.5 Å². The van der Waals surface area contributed by atoms with Gasteiger partial charge >= 0.3 is 17.8 Å². The quantitative estimate of drug-likeness (QED) is 0.539. The van der Waals surface area contributed by atoms with Crippen LogP contribution in [0.4, 0.5) is 13.2 Å². The molecular weight excluding hydrogens is 501 g/mol. The third kappa shape index (κ3) is 5.02. The first kappa shape index (κ1) is 23.1. The lowest BCUT2D eigenvalue weighted by molar-refractivity contribution is -0.144. The van der Waals surface area contributed by atoms with E-state index >= 15 is 0 Å². The lowest BCUT2D eigenvalue weighted by atomic mass is 10.2. The van der Waals surface area contributed by atoms with Gasteiger partial charge in [0, 0.05) is 19.2 Å². The number of nitrogens with zero attached hydrogens (tertiary/aromatic N) is 2. The number of carbonyl (C=O) groups is 1. The van der Waals surface area contributed by atoms with Gasteiger partial charge in [-0.25, -0.2) is 14.2 Å². The van der Waals surface area contributed by atoms with Crippen LogP contribution in [0, 0.1) is 0 Å². The number of carboxylic acid groups (broad SMARTS) is 1. The van der Waals surface area contributed by atoms with E-state index in [0.717, 1.165) is 7.05 Å². The maximum atomic E-state index is 13.0. The molecule has 0 unspecified atom stereocenters. The standard InChI is InChI=1S/C20H14BrF3N2O6/c1-25-16(20(22,23)24)9-17(27)26(19(25)30)11-2-7-14(21)15(8-11)32-13-5-3-12(4-6-13)31-10-18(28)29/h2-9H,10H2,1H3,(H,28,29). The van der Waals surface area contributed by atoms with Gasteiger partial charge in [0.1, 0.15) is 22.9 Å². The maximum absolute atomic E-state index is 13.0. The molecule has 0 fully saturated rings. The van der Waals surface area contributed by atoms with E-state index in [1.165, 1.54) is 42.5 Å². The van der Waals surface area contributed by atoms with Crippen LogP contribution in [-0.2, 0) is 18.0 Å². The Kier molecular flexibility index (Phi) is 6.44. The van der Waals surface area contributed by atoms with Gasteiger partial charge in [0.05, 0.1) is 10.2 Å². The van der Waals surface area contributed by atoms with Crippen LogP contribution in [0.5, 0.6) is 17.2 Å². The van der Waals surface area contributed by atoms with Gasteiger partial charge in [-0.05, 0) is 52.3 Å². The second-order valence-corrected chi connectivity index (χ2v) is 7.27. The summed E-state index contributed by atoms with van der Waals surface area (Å²) < 4.78 is 51.3. The topological polar surface area (TPSA) is 99.8 Å². The lowest BCUT2D eigenvalue weighted by Crippen LogP contribution is -2.40. The number of hydrogen-bond acceptors (Lipinski definition) is 5. The van der Waals surface area contributed by atoms with Crippen LogP contribution >= 0.6 is 15.9 Å². The number of aromatic nitrogens is 2. The summed E-state index contributed by atoms with van der Waals surface area (Å²) in [5.41, 5.74) is -3.67. The first-order chi connectivity index (χ1) is 15.0. The van der Waals surface area contributed by atoms with Crippen molar-refractivity contribution >= 4 is 21.9 Å². The SMILES string of the molecule is Cn1c(C(F)(F)F)cc(=O)n(-c2ccc(Br)c(Oc3ccc(OCC(=O)O)cc3)c2)c1=O. The van der Waals surface area contributed by atoms with E-state index in [9.17, 15) is 27.6 Å². The Morgan fingerprint density at radius 3 is 2.28 bits per heavy atom. The average Bonchev–Trinajstić information content (AvgIpc) is 2.71. The zero-order chi connectivity index (χ0) is 23.6. The van der Waals surface area contributed by atoms with Gasteiger partial charge in [0.15, 0.2) is 6.61 Å². The van der Waals surface area contributed by atoms with E-state index in [1.807, 2.05) is 0 Å². The van der Waals surface area contributed by atoms with Crippen molar-refractivity contribution in [3.63, 3.8) is 0 Å². The summed E-state index contributed by atoms with van der Waals surface area (Å²) in [5.74, 6) is -0.336. The summed E-state index contributed by atoms with van der Waals surface area (Å²) in [6.45, 7) is -0.509. The van der Waals surface area contributed by atoms with E-state index in [2.05, 4.69) is 15.9 Å². The molecule has 1 heterocycles. The molecule has 3 rings (SSSR count). The smallest absolute Gasteiger partial charge is 0.431 e. The Bertz CT molecular complexity index is 1280. The first-order valence-electron chi connectivity index (χ1n) is 8.80. The normalized spacial score (nSPS) is 11.3. The summed E-state index contributed by atoms with van der Waals surface area (Å²) in [5, 5.41) is 8.63. The molecule has 0 spiro atoms. The van der Waals surface area contributed by atoms with Crippen LogP contribution in [0.25, 0.3) is 5.69 Å². The third-order valence-corrected chi connectivity index (χ3v) is 4.85. The molecule has 1 aromatic heterocycles. The molecule has 12 heteroatoms. The van der Waals surface area contributed by atoms with E-state index < -0.39 is 35.7 Å². The second-order valence-electron chi connectivity index (χ2n) is 6.41. The van der Waals surface area contributed by atoms with Gasteiger partial charge < -0.3 is 14.6 Å². The predicted molar refractivity (Wildman–Crippen MR) is 110 cm³/mol. The van der Waals surface area contributed by atoms with Gasteiger partial charge in [0.2, 0.25) is 0 Å². The number of ether oxygens (including phenoxy) is 2. The molecule has 0 saturated heterocycles. The molecule has 1 N–H and O–H groups in total. The molecule has 0 aliphatic rings. The van der Waals surface area contributed by atoms with E-state index in [1.54, 1.807) is 0 Å². The number of aliphatic carboxylic acids is 1. The molecule has 0 aliphatic carbocycles. The van der Waals surface area contributed by atoms with Crippen LogP contribution in [-0.4, -0.2) is 26.8 Å². The number of hydrogen-bond donors (Lipinski definition) is 1. The van der Waals surface area contributed by atoms with Gasteiger partial charge in [-0.15, -0.1) is 0 Å². The van der Waals surface area contributed by atoms with Crippen LogP contribution in [0.2, 0.25) is 0 Å². The second kappa shape index (κ2) is 8.91. The molecule has 32 heavy (non-hydrogen) atoms. The molecule has 0 aliphatic heterocycles. The number of rotatable bonds is 6. The highest BCUT2D eigenvalue weighted by molar-refractivity contribution is 9.10. The van der Waals surface area contributed by atoms with Crippen LogP contribution in [0.3, 0.4) is 0 Å². The minimum Gasteiger partial charge on any atom is -0.482 e. The molecule has 8 nitrogen and oxygen atoms in total. The lowest BCUT2D eigenvalue weighted by Gasteiger charge is -2.15. The molecule has 0 amide bonds. The largest absolute Gasteiger partial charge is 0.482 e. The van der Waals surface area contributed by atoms with Gasteiger partial charge in [-0.1, -0.05) is 0 Å². The summed E-state index contributed by atoms with van der Waals surface area (Å²) in [4.78, 5) is 35.3. The van der Waals surface area contributed by atoms with Gasteiger partial charge in [-0.2, -0.15) is 13.2 Å². The molecule has 0 saturated carbocycles. The monoisotopic (exact) mass is 514 g/mol. The summed E-state index contributed by atoms with van der Waals surface area (Å²) in [6.07, 6.45) is -4.86. The van der Waals surface area contributed by atoms with Crippen molar-refractivity contribution in [2.45, 2.75) is 6.18 Å². The molecular formula is C20H14BrF3N2O6. The van der Waals surface area contributed by atoms with Gasteiger partial charge in [-0.3, -0.25) is 9.36 Å². The Hall–Kier alpha value is -3.54. The fourth-order valence-electron chi connectivity index (χ4n) is 2.72. The molecule has 168 valence electrons. The summed E-state index contributed by atoms with van der Waals surface area (Å²) in [6, 6.07) is 10.5. The number of benzene rings is 2. The molecule has 0 radical (unpaired) electrons. The summed E-state index contributed by atoms with van der Waals surface area (Å²) in [7, 11) is 0.922. The Balaban J connectivity index is 1.95. The zero-order valence-corrected chi connectivity index (χ0v) is 17.8. The Morgan fingerprint density at radius 2 is 1.69 bits per heavy atom.